The van der Waals surface area contributed by atoms with Crippen LogP contribution in [0.3, 0.4) is 0 Å². The molecule has 0 bridgehead atoms. The number of hydrogen-bond acceptors (Lipinski definition) is 4. The third kappa shape index (κ3) is 3.21. The number of anilines is 1. The molecule has 8 heteroatoms. The van der Waals surface area contributed by atoms with Crippen LogP contribution in [-0.4, -0.2) is 34.7 Å². The Hall–Kier alpha value is -3.29. The number of halogens is 2. The molecule has 1 fully saturated rings. The molecule has 4 rings (SSSR count). The number of nitrogens with one attached hydrogen (secondary N) is 1. The zero-order valence-electron chi connectivity index (χ0n) is 14.9. The van der Waals surface area contributed by atoms with Crippen molar-refractivity contribution in [2.45, 2.75) is 18.9 Å². The zero-order chi connectivity index (χ0) is 19.7. The van der Waals surface area contributed by atoms with Crippen LogP contribution < -0.4 is 10.2 Å². The number of pyridine rings is 1. The number of benzene rings is 1. The summed E-state index contributed by atoms with van der Waals surface area (Å²) in [5.41, 5.74) is 1.98. The molecule has 28 heavy (non-hydrogen) atoms. The van der Waals surface area contributed by atoms with Gasteiger partial charge in [0.25, 0.3) is 5.91 Å². The number of amides is 1. The number of aldehydes is 1. The van der Waals surface area contributed by atoms with Gasteiger partial charge in [-0.15, -0.1) is 0 Å². The van der Waals surface area contributed by atoms with Gasteiger partial charge in [0, 0.05) is 18.3 Å². The SMILES string of the molecule is O=CCNC(=O)c1cnc2ccc(N3CCC[C@@H]3c3cc(F)ccc3F)cn12. The van der Waals surface area contributed by atoms with Crippen LogP contribution in [0.4, 0.5) is 14.5 Å². The van der Waals surface area contributed by atoms with Gasteiger partial charge in [0.2, 0.25) is 0 Å². The summed E-state index contributed by atoms with van der Waals surface area (Å²) in [6, 6.07) is 6.83. The molecule has 1 aromatic carbocycles. The topological polar surface area (TPSA) is 66.7 Å². The second kappa shape index (κ2) is 7.38. The number of carbonyl (C=O) groups excluding carboxylic acids is 2. The Morgan fingerprint density at radius 2 is 2.14 bits per heavy atom. The standard InChI is InChI=1S/C20H18F2N4O2/c21-13-3-5-16(22)15(10-13)17-2-1-8-25(17)14-4-6-19-24-11-18(26(19)12-14)20(28)23-7-9-27/h3-6,9-12,17H,1-2,7-8H2,(H,23,28)/t17-/m1/s1. The average Bonchev–Trinajstić information content (AvgIpc) is 3.34. The summed E-state index contributed by atoms with van der Waals surface area (Å²) in [7, 11) is 0. The second-order valence-corrected chi connectivity index (χ2v) is 6.65. The molecule has 1 aliphatic heterocycles. The summed E-state index contributed by atoms with van der Waals surface area (Å²) < 4.78 is 29.6. The second-order valence-electron chi connectivity index (χ2n) is 6.65. The molecule has 0 radical (unpaired) electrons. The highest BCUT2D eigenvalue weighted by Gasteiger charge is 2.29. The van der Waals surface area contributed by atoms with Gasteiger partial charge in [-0.05, 0) is 43.2 Å². The molecule has 1 aliphatic rings. The molecule has 2 aromatic heterocycles. The fourth-order valence-corrected chi connectivity index (χ4v) is 3.70. The van der Waals surface area contributed by atoms with Crippen LogP contribution in [0.25, 0.3) is 5.65 Å². The third-order valence-corrected chi connectivity index (χ3v) is 4.97. The van der Waals surface area contributed by atoms with E-state index in [9.17, 15) is 18.4 Å². The molecular weight excluding hydrogens is 366 g/mol. The number of nitrogens with zero attached hydrogens (tertiary/aromatic N) is 3. The van der Waals surface area contributed by atoms with Crippen LogP contribution >= 0.6 is 0 Å². The molecule has 1 saturated heterocycles. The Morgan fingerprint density at radius 1 is 1.29 bits per heavy atom. The Kier molecular flexibility index (Phi) is 4.77. The highest BCUT2D eigenvalue weighted by Crippen LogP contribution is 2.37. The van der Waals surface area contributed by atoms with Crippen molar-refractivity contribution in [3.8, 4) is 0 Å². The summed E-state index contributed by atoms with van der Waals surface area (Å²) in [6.07, 6.45) is 5.35. The molecule has 6 nitrogen and oxygen atoms in total. The molecule has 3 aromatic rings. The first-order valence-electron chi connectivity index (χ1n) is 8.99. The van der Waals surface area contributed by atoms with Crippen molar-refractivity contribution < 1.29 is 18.4 Å². The molecule has 0 unspecified atom stereocenters. The van der Waals surface area contributed by atoms with Gasteiger partial charge in [-0.3, -0.25) is 9.20 Å². The molecule has 1 atom stereocenters. The van der Waals surface area contributed by atoms with E-state index >= 15 is 0 Å². The summed E-state index contributed by atoms with van der Waals surface area (Å²) in [5.74, 6) is -1.32. The van der Waals surface area contributed by atoms with Crippen LogP contribution in [0.15, 0.2) is 42.7 Å². The average molecular weight is 384 g/mol. The number of rotatable bonds is 5. The molecule has 1 N–H and O–H groups in total. The van der Waals surface area contributed by atoms with E-state index in [1.807, 2.05) is 11.0 Å². The molecule has 1 amide bonds. The summed E-state index contributed by atoms with van der Waals surface area (Å²) in [5, 5.41) is 2.49. The predicted octanol–water partition coefficient (Wildman–Crippen LogP) is 2.88. The van der Waals surface area contributed by atoms with Crippen molar-refractivity contribution in [3.05, 3.63) is 65.6 Å². The predicted molar refractivity (Wildman–Crippen MR) is 99.3 cm³/mol. The summed E-state index contributed by atoms with van der Waals surface area (Å²) in [6.45, 7) is 0.603. The number of carbonyl (C=O) groups is 2. The monoisotopic (exact) mass is 384 g/mol. The maximum absolute atomic E-state index is 14.3. The van der Waals surface area contributed by atoms with Crippen molar-refractivity contribution in [2.75, 3.05) is 18.0 Å². The van der Waals surface area contributed by atoms with E-state index in [-0.39, 0.29) is 12.6 Å². The van der Waals surface area contributed by atoms with Gasteiger partial charge < -0.3 is 15.0 Å². The van der Waals surface area contributed by atoms with E-state index in [0.717, 1.165) is 24.2 Å². The lowest BCUT2D eigenvalue weighted by molar-refractivity contribution is -0.107. The molecule has 0 spiro atoms. The van der Waals surface area contributed by atoms with Crippen LogP contribution in [0.2, 0.25) is 0 Å². The lowest BCUT2D eigenvalue weighted by Crippen LogP contribution is -2.27. The number of fused-ring (bicyclic) bond motifs is 1. The number of imidazole rings is 1. The maximum Gasteiger partial charge on any atom is 0.270 e. The quantitative estimate of drug-likeness (QED) is 0.687. The van der Waals surface area contributed by atoms with Crippen molar-refractivity contribution in [2.24, 2.45) is 0 Å². The maximum atomic E-state index is 14.3. The van der Waals surface area contributed by atoms with E-state index in [2.05, 4.69) is 10.3 Å². The largest absolute Gasteiger partial charge is 0.363 e. The normalized spacial score (nSPS) is 16.5. The Morgan fingerprint density at radius 3 is 2.96 bits per heavy atom. The molecular formula is C20H18F2N4O2. The minimum Gasteiger partial charge on any atom is -0.363 e. The summed E-state index contributed by atoms with van der Waals surface area (Å²) in [4.78, 5) is 28.9. The van der Waals surface area contributed by atoms with E-state index in [4.69, 9.17) is 0 Å². The van der Waals surface area contributed by atoms with Gasteiger partial charge in [0.15, 0.2) is 0 Å². The third-order valence-electron chi connectivity index (χ3n) is 4.97. The van der Waals surface area contributed by atoms with Gasteiger partial charge in [-0.1, -0.05) is 0 Å². The highest BCUT2D eigenvalue weighted by atomic mass is 19.1. The lowest BCUT2D eigenvalue weighted by Gasteiger charge is -2.27. The van der Waals surface area contributed by atoms with E-state index in [1.165, 1.54) is 12.3 Å². The first-order valence-corrected chi connectivity index (χ1v) is 8.99. The fraction of sp³-hybridized carbons (Fsp3) is 0.250. The van der Waals surface area contributed by atoms with E-state index in [0.29, 0.717) is 36.2 Å². The van der Waals surface area contributed by atoms with E-state index in [1.54, 1.807) is 16.7 Å². The molecule has 144 valence electrons. The minimum atomic E-state index is -0.470. The van der Waals surface area contributed by atoms with Crippen molar-refractivity contribution in [1.82, 2.24) is 14.7 Å². The molecule has 0 aliphatic carbocycles. The summed E-state index contributed by atoms with van der Waals surface area (Å²) >= 11 is 0. The highest BCUT2D eigenvalue weighted by molar-refractivity contribution is 5.94. The van der Waals surface area contributed by atoms with Gasteiger partial charge in [0.05, 0.1) is 24.5 Å². The van der Waals surface area contributed by atoms with Crippen LogP contribution in [0.1, 0.15) is 34.9 Å². The van der Waals surface area contributed by atoms with Crippen molar-refractivity contribution in [1.29, 1.82) is 0 Å². The zero-order valence-corrected chi connectivity index (χ0v) is 14.9. The van der Waals surface area contributed by atoms with Gasteiger partial charge in [0.1, 0.15) is 29.3 Å². The minimum absolute atomic E-state index is 0.0845. The number of aromatic nitrogens is 2. The number of hydrogen-bond donors (Lipinski definition) is 1. The molecule has 3 heterocycles. The first kappa shape index (κ1) is 18.1. The van der Waals surface area contributed by atoms with Crippen molar-refractivity contribution >= 4 is 23.5 Å². The molecule has 0 saturated carbocycles. The first-order chi connectivity index (χ1) is 13.6. The van der Waals surface area contributed by atoms with Gasteiger partial charge >= 0.3 is 0 Å². The Bertz CT molecular complexity index is 1050. The van der Waals surface area contributed by atoms with Crippen LogP contribution in [0.5, 0.6) is 0 Å². The Labute approximate surface area is 159 Å². The van der Waals surface area contributed by atoms with Gasteiger partial charge in [-0.2, -0.15) is 0 Å². The van der Waals surface area contributed by atoms with Gasteiger partial charge in [-0.25, -0.2) is 13.8 Å². The van der Waals surface area contributed by atoms with Crippen molar-refractivity contribution in [3.63, 3.8) is 0 Å². The smallest absolute Gasteiger partial charge is 0.270 e. The Balaban J connectivity index is 1.71. The van der Waals surface area contributed by atoms with Crippen LogP contribution in [0, 0.1) is 11.6 Å². The van der Waals surface area contributed by atoms with E-state index < -0.39 is 17.5 Å². The van der Waals surface area contributed by atoms with Crippen LogP contribution in [-0.2, 0) is 4.79 Å². The fourth-order valence-electron chi connectivity index (χ4n) is 3.70. The lowest BCUT2D eigenvalue weighted by atomic mass is 10.0.